The van der Waals surface area contributed by atoms with Crippen LogP contribution in [-0.2, 0) is 16.1 Å². The van der Waals surface area contributed by atoms with Gasteiger partial charge in [-0.15, -0.1) is 0 Å². The smallest absolute Gasteiger partial charge is 0.259 e. The van der Waals surface area contributed by atoms with E-state index in [1.807, 2.05) is 30.3 Å². The molecule has 0 saturated carbocycles. The van der Waals surface area contributed by atoms with Gasteiger partial charge in [-0.2, -0.15) is 0 Å². The van der Waals surface area contributed by atoms with E-state index in [1.165, 1.54) is 11.8 Å². The average Bonchev–Trinajstić information content (AvgIpc) is 3.44. The summed E-state index contributed by atoms with van der Waals surface area (Å²) >= 11 is 0. The largest absolute Gasteiger partial charge is 0.454 e. The van der Waals surface area contributed by atoms with Crippen molar-refractivity contribution < 1.29 is 19.1 Å². The summed E-state index contributed by atoms with van der Waals surface area (Å²) in [6, 6.07) is 12.0. The van der Waals surface area contributed by atoms with Crippen LogP contribution in [0.25, 0.3) is 10.9 Å². The van der Waals surface area contributed by atoms with Crippen molar-refractivity contribution in [2.45, 2.75) is 33.2 Å². The van der Waals surface area contributed by atoms with Gasteiger partial charge >= 0.3 is 0 Å². The number of nitrogens with zero attached hydrogens (tertiary/aromatic N) is 2. The van der Waals surface area contributed by atoms with Gasteiger partial charge in [0.15, 0.2) is 11.5 Å². The molecule has 1 aromatic heterocycles. The van der Waals surface area contributed by atoms with Gasteiger partial charge in [0.25, 0.3) is 5.91 Å². The molecule has 0 bridgehead atoms. The molecule has 0 unspecified atom stereocenters. The van der Waals surface area contributed by atoms with E-state index in [0.29, 0.717) is 23.0 Å². The van der Waals surface area contributed by atoms with Crippen molar-refractivity contribution in [2.24, 2.45) is 5.92 Å². The molecule has 0 spiro atoms. The van der Waals surface area contributed by atoms with E-state index in [2.05, 4.69) is 36.0 Å². The Morgan fingerprint density at radius 1 is 1.18 bits per heavy atom. The van der Waals surface area contributed by atoms with E-state index >= 15 is 0 Å². The van der Waals surface area contributed by atoms with E-state index in [-0.39, 0.29) is 31.1 Å². The number of amides is 2. The highest BCUT2D eigenvalue weighted by Crippen LogP contribution is 2.48. The molecule has 1 N–H and O–H groups in total. The van der Waals surface area contributed by atoms with E-state index < -0.39 is 0 Å². The first-order chi connectivity index (χ1) is 15.9. The standard InChI is InChI=1S/C26H25N3O4/c1-14(2)10-28-11-17-23(16-7-8-21-22(9-16)33-13-32-21)25-19(12-29(15(3)30)26(25)31)27-18-5-4-6-20(28)24(17)18/h4-9,11,14,23,27H,10,12-13H2,1-3H3/t23-/m1/s1. The maximum absolute atomic E-state index is 13.6. The second kappa shape index (κ2) is 7.13. The lowest BCUT2D eigenvalue weighted by molar-refractivity contribution is -0.139. The lowest BCUT2D eigenvalue weighted by atomic mass is 9.84. The van der Waals surface area contributed by atoms with E-state index in [9.17, 15) is 9.59 Å². The molecule has 3 aliphatic rings. The van der Waals surface area contributed by atoms with Gasteiger partial charge in [-0.25, -0.2) is 0 Å². The van der Waals surface area contributed by atoms with E-state index in [1.54, 1.807) is 0 Å². The predicted molar refractivity (Wildman–Crippen MR) is 124 cm³/mol. The van der Waals surface area contributed by atoms with Crippen LogP contribution in [0.3, 0.4) is 0 Å². The first-order valence-corrected chi connectivity index (χ1v) is 11.3. The minimum absolute atomic E-state index is 0.188. The van der Waals surface area contributed by atoms with Crippen molar-refractivity contribution in [3.05, 3.63) is 65.0 Å². The molecular formula is C26H25N3O4. The van der Waals surface area contributed by atoms with Gasteiger partial charge in [-0.1, -0.05) is 26.0 Å². The van der Waals surface area contributed by atoms with E-state index in [0.717, 1.165) is 40.0 Å². The number of carbonyl (C=O) groups excluding carboxylic acids is 2. The zero-order chi connectivity index (χ0) is 22.9. The van der Waals surface area contributed by atoms with Crippen molar-refractivity contribution in [2.75, 3.05) is 18.7 Å². The van der Waals surface area contributed by atoms with Crippen LogP contribution in [0, 0.1) is 5.92 Å². The Hall–Kier alpha value is -3.74. The van der Waals surface area contributed by atoms with Crippen LogP contribution in [0.4, 0.5) is 5.69 Å². The van der Waals surface area contributed by atoms with Crippen molar-refractivity contribution in [1.29, 1.82) is 0 Å². The number of rotatable bonds is 3. The fourth-order valence-electron chi connectivity index (χ4n) is 5.26. The third-order valence-corrected chi connectivity index (χ3v) is 6.61. The third-order valence-electron chi connectivity index (χ3n) is 6.61. The summed E-state index contributed by atoms with van der Waals surface area (Å²) in [7, 11) is 0. The summed E-state index contributed by atoms with van der Waals surface area (Å²) in [5, 5.41) is 4.62. The molecule has 2 aromatic carbocycles. The second-order valence-corrected chi connectivity index (χ2v) is 9.30. The van der Waals surface area contributed by atoms with Crippen LogP contribution in [0.15, 0.2) is 53.9 Å². The molecule has 3 aromatic rings. The predicted octanol–water partition coefficient (Wildman–Crippen LogP) is 4.23. The summed E-state index contributed by atoms with van der Waals surface area (Å²) < 4.78 is 13.4. The number of anilines is 1. The molecule has 1 atom stereocenters. The molecule has 33 heavy (non-hydrogen) atoms. The fourth-order valence-corrected chi connectivity index (χ4v) is 5.26. The normalized spacial score (nSPS) is 18.7. The van der Waals surface area contributed by atoms with Crippen LogP contribution < -0.4 is 14.8 Å². The Morgan fingerprint density at radius 3 is 2.79 bits per heavy atom. The number of hydrogen-bond donors (Lipinski definition) is 1. The maximum atomic E-state index is 13.6. The van der Waals surface area contributed by atoms with Crippen molar-refractivity contribution in [1.82, 2.24) is 9.47 Å². The molecule has 2 amide bonds. The highest BCUT2D eigenvalue weighted by Gasteiger charge is 2.42. The molecule has 6 rings (SSSR count). The average molecular weight is 444 g/mol. The quantitative estimate of drug-likeness (QED) is 0.656. The lowest BCUT2D eigenvalue weighted by Crippen LogP contribution is -2.33. The zero-order valence-corrected chi connectivity index (χ0v) is 18.8. The summed E-state index contributed by atoms with van der Waals surface area (Å²) in [6.45, 7) is 7.13. The van der Waals surface area contributed by atoms with Gasteiger partial charge in [0.1, 0.15) is 0 Å². The van der Waals surface area contributed by atoms with Crippen LogP contribution in [0.2, 0.25) is 0 Å². The van der Waals surface area contributed by atoms with Crippen LogP contribution in [0.1, 0.15) is 37.8 Å². The van der Waals surface area contributed by atoms with Crippen molar-refractivity contribution in [3.8, 4) is 11.5 Å². The first-order valence-electron chi connectivity index (χ1n) is 11.3. The second-order valence-electron chi connectivity index (χ2n) is 9.30. The highest BCUT2D eigenvalue weighted by atomic mass is 16.7. The van der Waals surface area contributed by atoms with Crippen LogP contribution in [0.5, 0.6) is 11.5 Å². The molecule has 7 heteroatoms. The Labute approximate surface area is 191 Å². The maximum Gasteiger partial charge on any atom is 0.259 e. The number of carbonyl (C=O) groups is 2. The molecule has 0 radical (unpaired) electrons. The van der Waals surface area contributed by atoms with Gasteiger partial charge in [0.2, 0.25) is 12.7 Å². The van der Waals surface area contributed by atoms with Gasteiger partial charge in [0.05, 0.1) is 17.6 Å². The number of fused-ring (bicyclic) bond motifs is 1. The lowest BCUT2D eigenvalue weighted by Gasteiger charge is -2.19. The Morgan fingerprint density at radius 2 is 2.00 bits per heavy atom. The molecule has 168 valence electrons. The summed E-state index contributed by atoms with van der Waals surface area (Å²) in [5.41, 5.74) is 5.47. The zero-order valence-electron chi connectivity index (χ0n) is 18.8. The number of imide groups is 1. The fraction of sp³-hybridized carbons (Fsp3) is 0.308. The SMILES string of the molecule is CC(=O)N1CC2=C(C1=O)[C@H](c1ccc3c(c1)OCO3)c1cn(CC(C)C)c3cccc(c13)N2. The molecule has 4 heterocycles. The number of benzene rings is 2. The minimum Gasteiger partial charge on any atom is -0.454 e. The summed E-state index contributed by atoms with van der Waals surface area (Å²) in [4.78, 5) is 27.1. The summed E-state index contributed by atoms with van der Waals surface area (Å²) in [6.07, 6.45) is 2.17. The minimum atomic E-state index is -0.335. The van der Waals surface area contributed by atoms with Crippen LogP contribution in [-0.4, -0.2) is 34.6 Å². The summed E-state index contributed by atoms with van der Waals surface area (Å²) in [5.74, 6) is 1.00. The number of aromatic nitrogens is 1. The molecule has 0 aliphatic carbocycles. The van der Waals surface area contributed by atoms with Gasteiger partial charge in [-0.05, 0) is 41.3 Å². The Kier molecular flexibility index (Phi) is 4.30. The van der Waals surface area contributed by atoms with Gasteiger partial charge in [-0.3, -0.25) is 14.5 Å². The monoisotopic (exact) mass is 443 g/mol. The number of nitrogens with one attached hydrogen (secondary N) is 1. The van der Waals surface area contributed by atoms with Gasteiger partial charge < -0.3 is 19.4 Å². The van der Waals surface area contributed by atoms with Crippen molar-refractivity contribution in [3.63, 3.8) is 0 Å². The Bertz CT molecular complexity index is 1370. The molecule has 0 fully saturated rings. The van der Waals surface area contributed by atoms with Crippen molar-refractivity contribution >= 4 is 28.4 Å². The first kappa shape index (κ1) is 19.9. The molecule has 7 nitrogen and oxygen atoms in total. The highest BCUT2D eigenvalue weighted by molar-refractivity contribution is 6.11. The molecule has 3 aliphatic heterocycles. The molecular weight excluding hydrogens is 418 g/mol. The number of hydrogen-bond acceptors (Lipinski definition) is 5. The van der Waals surface area contributed by atoms with Crippen LogP contribution >= 0.6 is 0 Å². The van der Waals surface area contributed by atoms with Gasteiger partial charge in [0, 0.05) is 42.4 Å². The van der Waals surface area contributed by atoms with E-state index in [4.69, 9.17) is 9.47 Å². The third kappa shape index (κ3) is 2.95. The molecule has 0 saturated heterocycles. The number of ether oxygens (including phenoxy) is 2. The topological polar surface area (TPSA) is 72.8 Å². The Balaban J connectivity index is 1.62.